The third-order valence-electron chi connectivity index (χ3n) is 2.12. The fraction of sp³-hybridized carbons (Fsp3) is 0.571. The van der Waals surface area contributed by atoms with E-state index in [-0.39, 0.29) is 18.1 Å². The molecule has 0 fully saturated rings. The van der Waals surface area contributed by atoms with E-state index < -0.39 is 5.97 Å². The highest BCUT2D eigenvalue weighted by Crippen LogP contribution is 1.98. The van der Waals surface area contributed by atoms with Crippen LogP contribution in [-0.2, 0) is 14.3 Å². The van der Waals surface area contributed by atoms with Gasteiger partial charge in [0.05, 0.1) is 5.57 Å². The SMILES string of the molecule is C=C(C)C(=O)NC=C(C)C(=O)OCCNC(C)(C)C. The van der Waals surface area contributed by atoms with E-state index in [0.717, 1.165) is 0 Å². The molecule has 0 aliphatic carbocycles. The van der Waals surface area contributed by atoms with Crippen molar-refractivity contribution < 1.29 is 14.3 Å². The predicted molar refractivity (Wildman–Crippen MR) is 75.4 cm³/mol. The smallest absolute Gasteiger partial charge is 0.335 e. The first kappa shape index (κ1) is 17.4. The molecule has 0 aromatic heterocycles. The van der Waals surface area contributed by atoms with Crippen LogP contribution < -0.4 is 10.6 Å². The summed E-state index contributed by atoms with van der Waals surface area (Å²) in [4.78, 5) is 22.8. The van der Waals surface area contributed by atoms with Gasteiger partial charge in [-0.1, -0.05) is 6.58 Å². The minimum Gasteiger partial charge on any atom is -0.461 e. The molecule has 0 aliphatic rings. The Labute approximate surface area is 115 Å². The number of esters is 1. The minimum atomic E-state index is -0.447. The molecule has 0 rings (SSSR count). The monoisotopic (exact) mass is 268 g/mol. The molecule has 5 nitrogen and oxygen atoms in total. The fourth-order valence-electron chi connectivity index (χ4n) is 1.04. The van der Waals surface area contributed by atoms with Gasteiger partial charge in [-0.2, -0.15) is 0 Å². The van der Waals surface area contributed by atoms with Crippen LogP contribution in [0.3, 0.4) is 0 Å². The van der Waals surface area contributed by atoms with Crippen molar-refractivity contribution in [1.82, 2.24) is 10.6 Å². The van der Waals surface area contributed by atoms with Crippen LogP contribution in [0, 0.1) is 0 Å². The van der Waals surface area contributed by atoms with Gasteiger partial charge in [0.1, 0.15) is 6.61 Å². The Morgan fingerprint density at radius 2 is 1.84 bits per heavy atom. The van der Waals surface area contributed by atoms with Crippen LogP contribution in [0.2, 0.25) is 0 Å². The second kappa shape index (κ2) is 7.74. The minimum absolute atomic E-state index is 0.00719. The number of rotatable bonds is 6. The second-order valence-electron chi connectivity index (χ2n) is 5.39. The molecule has 0 spiro atoms. The molecule has 0 aromatic rings. The van der Waals surface area contributed by atoms with Crippen molar-refractivity contribution in [2.75, 3.05) is 13.2 Å². The van der Waals surface area contributed by atoms with Gasteiger partial charge in [-0.3, -0.25) is 4.79 Å². The van der Waals surface area contributed by atoms with E-state index in [4.69, 9.17) is 4.74 Å². The van der Waals surface area contributed by atoms with E-state index in [1.807, 2.05) is 20.8 Å². The van der Waals surface area contributed by atoms with Crippen molar-refractivity contribution in [3.63, 3.8) is 0 Å². The summed E-state index contributed by atoms with van der Waals surface area (Å²) in [6.45, 7) is 13.6. The van der Waals surface area contributed by atoms with Crippen LogP contribution in [0.5, 0.6) is 0 Å². The van der Waals surface area contributed by atoms with E-state index in [1.165, 1.54) is 6.20 Å². The van der Waals surface area contributed by atoms with Crippen molar-refractivity contribution in [2.24, 2.45) is 0 Å². The summed E-state index contributed by atoms with van der Waals surface area (Å²) in [5, 5.41) is 5.66. The third kappa shape index (κ3) is 9.02. The van der Waals surface area contributed by atoms with Crippen LogP contribution in [0.15, 0.2) is 23.9 Å². The first-order chi connectivity index (χ1) is 8.63. The Balaban J connectivity index is 4.04. The van der Waals surface area contributed by atoms with Gasteiger partial charge < -0.3 is 15.4 Å². The largest absolute Gasteiger partial charge is 0.461 e. The lowest BCUT2D eigenvalue weighted by Gasteiger charge is -2.20. The summed E-state index contributed by atoms with van der Waals surface area (Å²) in [6.07, 6.45) is 1.33. The number of carbonyl (C=O) groups excluding carboxylic acids is 2. The molecule has 108 valence electrons. The molecule has 0 unspecified atom stereocenters. The van der Waals surface area contributed by atoms with Crippen molar-refractivity contribution in [2.45, 2.75) is 40.2 Å². The molecular formula is C14H24N2O3. The maximum Gasteiger partial charge on any atom is 0.335 e. The van der Waals surface area contributed by atoms with Crippen LogP contribution in [0.1, 0.15) is 34.6 Å². The molecule has 0 radical (unpaired) electrons. The molecule has 5 heteroatoms. The van der Waals surface area contributed by atoms with E-state index >= 15 is 0 Å². The number of ether oxygens (including phenoxy) is 1. The topological polar surface area (TPSA) is 67.4 Å². The van der Waals surface area contributed by atoms with Crippen LogP contribution >= 0.6 is 0 Å². The highest BCUT2D eigenvalue weighted by atomic mass is 16.5. The molecule has 2 N–H and O–H groups in total. The average molecular weight is 268 g/mol. The van der Waals surface area contributed by atoms with Gasteiger partial charge in [0, 0.05) is 23.9 Å². The first-order valence-electron chi connectivity index (χ1n) is 6.19. The van der Waals surface area contributed by atoms with Crippen LogP contribution in [-0.4, -0.2) is 30.6 Å². The number of nitrogens with one attached hydrogen (secondary N) is 2. The number of carbonyl (C=O) groups is 2. The molecule has 0 saturated carbocycles. The van der Waals surface area contributed by atoms with Crippen molar-refractivity contribution in [3.8, 4) is 0 Å². The normalized spacial score (nSPS) is 11.9. The first-order valence-corrected chi connectivity index (χ1v) is 6.19. The average Bonchev–Trinajstić information content (AvgIpc) is 2.29. The van der Waals surface area contributed by atoms with Gasteiger partial charge in [-0.15, -0.1) is 0 Å². The van der Waals surface area contributed by atoms with Gasteiger partial charge in [-0.25, -0.2) is 4.79 Å². The zero-order valence-electron chi connectivity index (χ0n) is 12.4. The molecule has 0 atom stereocenters. The number of amides is 1. The molecule has 0 bridgehead atoms. The number of hydrogen-bond acceptors (Lipinski definition) is 4. The lowest BCUT2D eigenvalue weighted by atomic mass is 10.1. The molecule has 0 heterocycles. The Morgan fingerprint density at radius 1 is 1.26 bits per heavy atom. The highest BCUT2D eigenvalue weighted by molar-refractivity contribution is 5.94. The predicted octanol–water partition coefficient (Wildman–Crippen LogP) is 1.51. The van der Waals surface area contributed by atoms with E-state index in [0.29, 0.717) is 17.7 Å². The summed E-state index contributed by atoms with van der Waals surface area (Å²) in [5.74, 6) is -0.765. The van der Waals surface area contributed by atoms with E-state index in [2.05, 4.69) is 17.2 Å². The molecule has 0 aliphatic heterocycles. The Hall–Kier alpha value is -1.62. The second-order valence-corrected chi connectivity index (χ2v) is 5.39. The molecule has 19 heavy (non-hydrogen) atoms. The Kier molecular flexibility index (Phi) is 7.08. The van der Waals surface area contributed by atoms with Crippen LogP contribution in [0.25, 0.3) is 0 Å². The standard InChI is InChI=1S/C14H24N2O3/c1-10(2)12(17)15-9-11(3)13(18)19-8-7-16-14(4,5)6/h9,16H,1,7-8H2,2-6H3,(H,15,17). The number of hydrogen-bond donors (Lipinski definition) is 2. The summed E-state index contributed by atoms with van der Waals surface area (Å²) >= 11 is 0. The van der Waals surface area contributed by atoms with Gasteiger partial charge in [0.15, 0.2) is 0 Å². The van der Waals surface area contributed by atoms with Crippen molar-refractivity contribution in [1.29, 1.82) is 0 Å². The molecule has 0 aromatic carbocycles. The Bertz CT molecular complexity index is 379. The van der Waals surface area contributed by atoms with Crippen molar-refractivity contribution in [3.05, 3.63) is 23.9 Å². The summed E-state index contributed by atoms with van der Waals surface area (Å²) < 4.78 is 5.05. The maximum atomic E-state index is 11.6. The fourth-order valence-corrected chi connectivity index (χ4v) is 1.04. The maximum absolute atomic E-state index is 11.6. The molecular weight excluding hydrogens is 244 g/mol. The van der Waals surface area contributed by atoms with Gasteiger partial charge in [0.2, 0.25) is 5.91 Å². The van der Waals surface area contributed by atoms with Gasteiger partial charge in [0.25, 0.3) is 0 Å². The van der Waals surface area contributed by atoms with Gasteiger partial charge in [-0.05, 0) is 34.6 Å². The lowest BCUT2D eigenvalue weighted by molar-refractivity contribution is -0.138. The lowest BCUT2D eigenvalue weighted by Crippen LogP contribution is -2.38. The zero-order valence-corrected chi connectivity index (χ0v) is 12.4. The highest BCUT2D eigenvalue weighted by Gasteiger charge is 2.10. The summed E-state index contributed by atoms with van der Waals surface area (Å²) in [7, 11) is 0. The van der Waals surface area contributed by atoms with E-state index in [1.54, 1.807) is 13.8 Å². The Morgan fingerprint density at radius 3 is 2.32 bits per heavy atom. The van der Waals surface area contributed by atoms with Crippen LogP contribution in [0.4, 0.5) is 0 Å². The van der Waals surface area contributed by atoms with E-state index in [9.17, 15) is 9.59 Å². The molecule has 1 amide bonds. The summed E-state index contributed by atoms with van der Waals surface area (Å²) in [6, 6.07) is 0. The third-order valence-corrected chi connectivity index (χ3v) is 2.12. The summed E-state index contributed by atoms with van der Waals surface area (Å²) in [5.41, 5.74) is 0.712. The zero-order chi connectivity index (χ0) is 15.1. The van der Waals surface area contributed by atoms with Crippen molar-refractivity contribution >= 4 is 11.9 Å². The molecule has 0 saturated heterocycles. The van der Waals surface area contributed by atoms with Gasteiger partial charge >= 0.3 is 5.97 Å². The quantitative estimate of drug-likeness (QED) is 0.435.